The van der Waals surface area contributed by atoms with Crippen LogP contribution >= 0.6 is 46.3 Å². The molecule has 3 heterocycles. The van der Waals surface area contributed by atoms with Gasteiger partial charge >= 0.3 is 5.91 Å². The maximum absolute atomic E-state index is 13.9. The van der Waals surface area contributed by atoms with E-state index in [0.29, 0.717) is 68.3 Å². The number of carbonyl (C=O) groups is 2. The first-order chi connectivity index (χ1) is 23.5. The Morgan fingerprint density at radius 3 is 2.65 bits per heavy atom. The van der Waals surface area contributed by atoms with Crippen molar-refractivity contribution in [3.8, 4) is 17.2 Å². The molecule has 49 heavy (non-hydrogen) atoms. The van der Waals surface area contributed by atoms with Crippen LogP contribution in [-0.2, 0) is 21.8 Å². The second kappa shape index (κ2) is 15.0. The van der Waals surface area contributed by atoms with Crippen LogP contribution in [0.4, 0.5) is 5.13 Å². The van der Waals surface area contributed by atoms with Crippen molar-refractivity contribution in [2.75, 3.05) is 18.1 Å². The van der Waals surface area contributed by atoms with Gasteiger partial charge < -0.3 is 19.3 Å². The Labute approximate surface area is 303 Å². The number of amides is 1. The molecule has 0 radical (unpaired) electrons. The summed E-state index contributed by atoms with van der Waals surface area (Å²) in [4.78, 5) is 29.0. The van der Waals surface area contributed by atoms with Gasteiger partial charge in [0.15, 0.2) is 15.8 Å². The van der Waals surface area contributed by atoms with Crippen molar-refractivity contribution < 1.29 is 28.9 Å². The number of carbonyl (C=O) groups excluding carboxylic acids is 2. The number of rotatable bonds is 12. The maximum Gasteiger partial charge on any atom is 0.301 e. The van der Waals surface area contributed by atoms with E-state index in [-0.39, 0.29) is 22.6 Å². The number of hydrogen-bond donors (Lipinski definition) is 1. The van der Waals surface area contributed by atoms with Gasteiger partial charge in [0.2, 0.25) is 5.13 Å². The summed E-state index contributed by atoms with van der Waals surface area (Å²) in [6.45, 7) is 8.95. The van der Waals surface area contributed by atoms with E-state index in [4.69, 9.17) is 37.4 Å². The zero-order valence-electron chi connectivity index (χ0n) is 27.4. The van der Waals surface area contributed by atoms with Crippen molar-refractivity contribution in [2.24, 2.45) is 5.92 Å². The molecule has 2 atom stereocenters. The highest BCUT2D eigenvalue weighted by molar-refractivity contribution is 8.00. The number of Topliss-reactive ketones (excluding diaryl/α,β-unsaturated/α-hetero) is 1. The van der Waals surface area contributed by atoms with Crippen LogP contribution < -0.4 is 19.1 Å². The van der Waals surface area contributed by atoms with E-state index < -0.39 is 17.7 Å². The molecule has 1 saturated heterocycles. The number of thioether (sulfide) groups is 1. The molecule has 1 fully saturated rings. The SMILES string of the molecule is CCOc1cc([C@@H]2C(=C(O)c3ccc4c(c3)C[C@@H](C)O4)C(=O)C(=O)N2c2nnc(SCc3ccc(Cl)cc3Cl)s2)ccc1OCCC(C)C. The second-order valence-corrected chi connectivity index (χ2v) is 15.2. The van der Waals surface area contributed by atoms with Crippen LogP contribution in [0.25, 0.3) is 5.76 Å². The Bertz CT molecular complexity index is 1930. The molecule has 0 unspecified atom stereocenters. The Morgan fingerprint density at radius 2 is 1.90 bits per heavy atom. The molecule has 0 aliphatic carbocycles. The normalized spacial score (nSPS) is 18.2. The Balaban J connectivity index is 1.40. The molecule has 3 aromatic carbocycles. The molecule has 4 aromatic rings. The summed E-state index contributed by atoms with van der Waals surface area (Å²) in [5.74, 6) is 0.742. The van der Waals surface area contributed by atoms with Gasteiger partial charge in [-0.05, 0) is 85.3 Å². The minimum absolute atomic E-state index is 0.00331. The van der Waals surface area contributed by atoms with Crippen molar-refractivity contribution in [3.63, 3.8) is 0 Å². The van der Waals surface area contributed by atoms with Crippen LogP contribution in [0.5, 0.6) is 17.2 Å². The third-order valence-corrected chi connectivity index (χ3v) is 10.8. The first-order valence-corrected chi connectivity index (χ1v) is 18.5. The van der Waals surface area contributed by atoms with Gasteiger partial charge in [-0.3, -0.25) is 14.5 Å². The van der Waals surface area contributed by atoms with Crippen molar-refractivity contribution in [1.82, 2.24) is 10.2 Å². The monoisotopic (exact) mass is 739 g/mol. The Morgan fingerprint density at radius 1 is 1.08 bits per heavy atom. The fraction of sp³-hybridized carbons (Fsp3) is 0.333. The summed E-state index contributed by atoms with van der Waals surface area (Å²) < 4.78 is 18.4. The van der Waals surface area contributed by atoms with Gasteiger partial charge in [0.25, 0.3) is 5.78 Å². The Hall–Kier alpha value is -3.77. The predicted octanol–water partition coefficient (Wildman–Crippen LogP) is 8.91. The number of halogens is 2. The van der Waals surface area contributed by atoms with E-state index in [1.807, 2.05) is 19.9 Å². The molecule has 0 bridgehead atoms. The van der Waals surface area contributed by atoms with Crippen molar-refractivity contribution in [2.45, 2.75) is 62.8 Å². The van der Waals surface area contributed by atoms with Gasteiger partial charge in [-0.1, -0.05) is 72.3 Å². The number of aromatic nitrogens is 2. The van der Waals surface area contributed by atoms with E-state index >= 15 is 0 Å². The van der Waals surface area contributed by atoms with Crippen LogP contribution in [0.2, 0.25) is 10.0 Å². The number of ketones is 1. The third-order valence-electron chi connectivity index (χ3n) is 8.12. The fourth-order valence-electron chi connectivity index (χ4n) is 5.69. The topological polar surface area (TPSA) is 111 Å². The van der Waals surface area contributed by atoms with Gasteiger partial charge in [-0.2, -0.15) is 0 Å². The molecular formula is C36H35Cl2N3O6S2. The van der Waals surface area contributed by atoms with Crippen LogP contribution in [0.1, 0.15) is 62.4 Å². The molecule has 6 rings (SSSR count). The van der Waals surface area contributed by atoms with Crippen molar-refractivity contribution >= 4 is 68.9 Å². The summed E-state index contributed by atoms with van der Waals surface area (Å²) >= 11 is 15.0. The van der Waals surface area contributed by atoms with E-state index in [2.05, 4.69) is 24.0 Å². The number of ether oxygens (including phenoxy) is 3. The number of anilines is 1. The molecule has 1 amide bonds. The van der Waals surface area contributed by atoms with Gasteiger partial charge in [-0.15, -0.1) is 10.2 Å². The molecule has 9 nitrogen and oxygen atoms in total. The largest absolute Gasteiger partial charge is 0.507 e. The van der Waals surface area contributed by atoms with Crippen molar-refractivity contribution in [1.29, 1.82) is 0 Å². The molecule has 1 aromatic heterocycles. The zero-order chi connectivity index (χ0) is 34.8. The summed E-state index contributed by atoms with van der Waals surface area (Å²) in [6, 6.07) is 14.8. The molecule has 2 aliphatic rings. The molecule has 2 aliphatic heterocycles. The fourth-order valence-corrected chi connectivity index (χ4v) is 8.12. The molecule has 13 heteroatoms. The van der Waals surface area contributed by atoms with Gasteiger partial charge in [-0.25, -0.2) is 0 Å². The lowest BCUT2D eigenvalue weighted by atomic mass is 9.94. The first-order valence-electron chi connectivity index (χ1n) is 15.9. The number of benzene rings is 3. The third kappa shape index (κ3) is 7.55. The minimum Gasteiger partial charge on any atom is -0.507 e. The van der Waals surface area contributed by atoms with Gasteiger partial charge in [0, 0.05) is 27.8 Å². The molecular weight excluding hydrogens is 705 g/mol. The van der Waals surface area contributed by atoms with E-state index in [1.165, 1.54) is 28.0 Å². The van der Waals surface area contributed by atoms with Crippen molar-refractivity contribution in [3.05, 3.63) is 92.5 Å². The highest BCUT2D eigenvalue weighted by Crippen LogP contribution is 2.46. The van der Waals surface area contributed by atoms with E-state index in [9.17, 15) is 14.7 Å². The number of aliphatic hydroxyl groups is 1. The van der Waals surface area contributed by atoms with Crippen LogP contribution in [0, 0.1) is 5.92 Å². The summed E-state index contributed by atoms with van der Waals surface area (Å²) in [6.07, 6.45) is 1.52. The van der Waals surface area contributed by atoms with E-state index in [1.54, 1.807) is 48.5 Å². The predicted molar refractivity (Wildman–Crippen MR) is 194 cm³/mol. The molecule has 256 valence electrons. The Kier molecular flexibility index (Phi) is 10.7. The maximum atomic E-state index is 13.9. The standard InChI is InChI=1S/C36H35Cl2N3O6S2/c1-5-45-29-16-21(7-11-28(29)46-13-12-19(2)3)31-30(32(42)22-8-10-27-24(15-22)14-20(4)47-27)33(43)34(44)41(31)35-39-40-36(49-35)48-18-23-6-9-25(37)17-26(23)38/h6-11,15-17,19-20,31,42H,5,12-14,18H2,1-4H3/t20-,31-/m1/s1. The van der Waals surface area contributed by atoms with E-state index in [0.717, 1.165) is 23.3 Å². The summed E-state index contributed by atoms with van der Waals surface area (Å²) in [5.41, 5.74) is 2.66. The average molecular weight is 741 g/mol. The van der Waals surface area contributed by atoms with Gasteiger partial charge in [0.1, 0.15) is 17.6 Å². The molecule has 0 spiro atoms. The first kappa shape index (κ1) is 35.1. The highest BCUT2D eigenvalue weighted by Gasteiger charge is 2.48. The van der Waals surface area contributed by atoms with Crippen LogP contribution in [-0.4, -0.2) is 46.3 Å². The highest BCUT2D eigenvalue weighted by atomic mass is 35.5. The van der Waals surface area contributed by atoms with Crippen LogP contribution in [0.3, 0.4) is 0 Å². The number of nitrogens with zero attached hydrogens (tertiary/aromatic N) is 3. The number of aliphatic hydroxyl groups excluding tert-OH is 1. The van der Waals surface area contributed by atoms with Gasteiger partial charge in [0.05, 0.1) is 24.8 Å². The number of hydrogen-bond acceptors (Lipinski definition) is 10. The van der Waals surface area contributed by atoms with Crippen LogP contribution in [0.15, 0.2) is 64.5 Å². The summed E-state index contributed by atoms with van der Waals surface area (Å²) in [7, 11) is 0. The second-order valence-electron chi connectivity index (χ2n) is 12.2. The molecule has 1 N–H and O–H groups in total. The molecule has 0 saturated carbocycles. The number of fused-ring (bicyclic) bond motifs is 1. The average Bonchev–Trinajstić information content (AvgIpc) is 3.75. The quantitative estimate of drug-likeness (QED) is 0.0501. The zero-order valence-corrected chi connectivity index (χ0v) is 30.5. The smallest absolute Gasteiger partial charge is 0.301 e. The lowest BCUT2D eigenvalue weighted by Gasteiger charge is -2.24. The lowest BCUT2D eigenvalue weighted by molar-refractivity contribution is -0.132. The minimum atomic E-state index is -1.02. The summed E-state index contributed by atoms with van der Waals surface area (Å²) in [5, 5.41) is 21.7. The lowest BCUT2D eigenvalue weighted by Crippen LogP contribution is -2.29.